The van der Waals surface area contributed by atoms with Crippen molar-refractivity contribution < 1.29 is 34.3 Å². The molecule has 0 radical (unpaired) electrons. The average molecular weight is 490 g/mol. The lowest BCUT2D eigenvalue weighted by molar-refractivity contribution is -0.138. The minimum atomic E-state index is -1.80. The summed E-state index contributed by atoms with van der Waals surface area (Å²) in [6.45, 7) is 2.10. The van der Waals surface area contributed by atoms with Crippen LogP contribution in [0.1, 0.15) is 31.2 Å². The van der Waals surface area contributed by atoms with E-state index in [0.29, 0.717) is 58.5 Å². The van der Waals surface area contributed by atoms with Gasteiger partial charge in [-0.15, -0.1) is 0 Å². The molecule has 35 heavy (non-hydrogen) atoms. The SMILES string of the molecule is O=C(NC(CCCc1ccccc1)B(O)O)C(CC(=O)N1CCOCC1)NC(=O)N1CC[C@@H](O)C1. The van der Waals surface area contributed by atoms with Gasteiger partial charge in [0, 0.05) is 26.2 Å². The largest absolute Gasteiger partial charge is 0.475 e. The highest BCUT2D eigenvalue weighted by Crippen LogP contribution is 2.12. The molecule has 1 aromatic carbocycles. The van der Waals surface area contributed by atoms with Crippen molar-refractivity contribution in [1.82, 2.24) is 20.4 Å². The van der Waals surface area contributed by atoms with E-state index in [2.05, 4.69) is 10.6 Å². The summed E-state index contributed by atoms with van der Waals surface area (Å²) in [5, 5.41) is 34.6. The van der Waals surface area contributed by atoms with E-state index in [-0.39, 0.29) is 18.9 Å². The lowest BCUT2D eigenvalue weighted by atomic mass is 9.76. The number of nitrogens with one attached hydrogen (secondary N) is 2. The second-order valence-corrected chi connectivity index (χ2v) is 8.99. The van der Waals surface area contributed by atoms with Gasteiger partial charge >= 0.3 is 13.1 Å². The summed E-state index contributed by atoms with van der Waals surface area (Å²) >= 11 is 0. The smallest absolute Gasteiger partial charge is 0.426 e. The predicted octanol–water partition coefficient (Wildman–Crippen LogP) is -1.10. The van der Waals surface area contributed by atoms with Crippen LogP contribution in [0.4, 0.5) is 4.79 Å². The molecule has 2 saturated heterocycles. The molecule has 0 aliphatic carbocycles. The van der Waals surface area contributed by atoms with Crippen LogP contribution < -0.4 is 10.6 Å². The van der Waals surface area contributed by atoms with Crippen molar-refractivity contribution in [2.24, 2.45) is 0 Å². The summed E-state index contributed by atoms with van der Waals surface area (Å²) in [4.78, 5) is 41.6. The fourth-order valence-corrected chi connectivity index (χ4v) is 4.24. The lowest BCUT2D eigenvalue weighted by Gasteiger charge is -2.29. The first kappa shape index (κ1) is 26.9. The van der Waals surface area contributed by atoms with Crippen LogP contribution in [0.2, 0.25) is 0 Å². The normalized spacial score (nSPS) is 19.7. The Morgan fingerprint density at radius 3 is 2.40 bits per heavy atom. The van der Waals surface area contributed by atoms with E-state index >= 15 is 0 Å². The summed E-state index contributed by atoms with van der Waals surface area (Å²) in [6.07, 6.45) is 1.15. The number of hydrogen-bond donors (Lipinski definition) is 5. The molecule has 0 spiro atoms. The molecule has 11 nitrogen and oxygen atoms in total. The molecule has 3 atom stereocenters. The Morgan fingerprint density at radius 2 is 1.77 bits per heavy atom. The molecule has 192 valence electrons. The first-order chi connectivity index (χ1) is 16.8. The fourth-order valence-electron chi connectivity index (χ4n) is 4.24. The number of aliphatic hydroxyl groups excluding tert-OH is 1. The van der Waals surface area contributed by atoms with Gasteiger partial charge in [0.25, 0.3) is 0 Å². The maximum Gasteiger partial charge on any atom is 0.475 e. The van der Waals surface area contributed by atoms with Crippen LogP contribution in [-0.2, 0) is 20.7 Å². The summed E-state index contributed by atoms with van der Waals surface area (Å²) in [5.74, 6) is -1.93. The quantitative estimate of drug-likeness (QED) is 0.261. The fraction of sp³-hybridized carbons (Fsp3) is 0.609. The monoisotopic (exact) mass is 490 g/mol. The number of urea groups is 1. The van der Waals surface area contributed by atoms with Crippen LogP contribution in [0.25, 0.3) is 0 Å². The molecule has 0 bridgehead atoms. The highest BCUT2D eigenvalue weighted by molar-refractivity contribution is 6.43. The average Bonchev–Trinajstić information content (AvgIpc) is 3.30. The number of hydrogen-bond acceptors (Lipinski definition) is 7. The number of likely N-dealkylation sites (tertiary alicyclic amines) is 1. The maximum absolute atomic E-state index is 13.1. The van der Waals surface area contributed by atoms with E-state index in [4.69, 9.17) is 4.74 Å². The summed E-state index contributed by atoms with van der Waals surface area (Å²) in [5.41, 5.74) is 1.10. The molecule has 2 aliphatic heterocycles. The molecule has 2 heterocycles. The van der Waals surface area contributed by atoms with Crippen molar-refractivity contribution in [2.45, 2.75) is 50.2 Å². The summed E-state index contributed by atoms with van der Waals surface area (Å²) in [7, 11) is -1.80. The highest BCUT2D eigenvalue weighted by Gasteiger charge is 2.33. The van der Waals surface area contributed by atoms with Crippen LogP contribution in [0.5, 0.6) is 0 Å². The van der Waals surface area contributed by atoms with Crippen LogP contribution in [0.3, 0.4) is 0 Å². The van der Waals surface area contributed by atoms with E-state index in [1.54, 1.807) is 4.90 Å². The summed E-state index contributed by atoms with van der Waals surface area (Å²) < 4.78 is 5.26. The Hall–Kier alpha value is -2.67. The van der Waals surface area contributed by atoms with Gasteiger partial charge in [0.2, 0.25) is 11.8 Å². The third kappa shape index (κ3) is 8.50. The zero-order valence-electron chi connectivity index (χ0n) is 19.8. The van der Waals surface area contributed by atoms with Crippen molar-refractivity contribution >= 4 is 25.0 Å². The van der Waals surface area contributed by atoms with Gasteiger partial charge in [0.15, 0.2) is 0 Å². The first-order valence-electron chi connectivity index (χ1n) is 12.1. The van der Waals surface area contributed by atoms with Gasteiger partial charge < -0.3 is 40.3 Å². The number of nitrogens with zero attached hydrogens (tertiary/aromatic N) is 2. The van der Waals surface area contributed by atoms with Gasteiger partial charge in [-0.3, -0.25) is 9.59 Å². The molecule has 2 unspecified atom stereocenters. The van der Waals surface area contributed by atoms with E-state index in [1.807, 2.05) is 30.3 Å². The minimum absolute atomic E-state index is 0.148. The summed E-state index contributed by atoms with van der Waals surface area (Å²) in [6, 6.07) is 7.95. The van der Waals surface area contributed by atoms with Crippen molar-refractivity contribution in [2.75, 3.05) is 39.4 Å². The van der Waals surface area contributed by atoms with Crippen molar-refractivity contribution in [3.05, 3.63) is 35.9 Å². The van der Waals surface area contributed by atoms with Crippen LogP contribution in [0, 0.1) is 0 Å². The van der Waals surface area contributed by atoms with Gasteiger partial charge in [0.1, 0.15) is 6.04 Å². The molecule has 2 fully saturated rings. The number of aryl methyl sites for hydroxylation is 1. The Morgan fingerprint density at radius 1 is 1.06 bits per heavy atom. The van der Waals surface area contributed by atoms with Gasteiger partial charge in [-0.1, -0.05) is 30.3 Å². The minimum Gasteiger partial charge on any atom is -0.426 e. The molecule has 0 aromatic heterocycles. The zero-order chi connectivity index (χ0) is 25.2. The van der Waals surface area contributed by atoms with E-state index in [0.717, 1.165) is 5.56 Å². The molecule has 3 rings (SSSR count). The third-order valence-electron chi connectivity index (χ3n) is 6.32. The number of carbonyl (C=O) groups is 3. The lowest BCUT2D eigenvalue weighted by Crippen LogP contribution is -2.57. The number of benzene rings is 1. The number of amides is 4. The van der Waals surface area contributed by atoms with Crippen molar-refractivity contribution in [3.8, 4) is 0 Å². The van der Waals surface area contributed by atoms with Crippen molar-refractivity contribution in [1.29, 1.82) is 0 Å². The predicted molar refractivity (Wildman–Crippen MR) is 128 cm³/mol. The third-order valence-corrected chi connectivity index (χ3v) is 6.32. The molecule has 0 saturated carbocycles. The van der Waals surface area contributed by atoms with Crippen LogP contribution in [-0.4, -0.2) is 107 Å². The first-order valence-corrected chi connectivity index (χ1v) is 12.1. The number of aliphatic hydroxyl groups is 1. The van der Waals surface area contributed by atoms with Gasteiger partial charge in [-0.05, 0) is 31.2 Å². The molecule has 2 aliphatic rings. The molecule has 12 heteroatoms. The molecule has 1 aromatic rings. The number of β-amino-alcohol motifs (C(OH)–C–C–N with tert-alkyl or cyclic N) is 1. The van der Waals surface area contributed by atoms with Crippen LogP contribution >= 0.6 is 0 Å². The second kappa shape index (κ2) is 13.4. The molecule has 5 N–H and O–H groups in total. The van der Waals surface area contributed by atoms with Gasteiger partial charge in [-0.2, -0.15) is 0 Å². The van der Waals surface area contributed by atoms with Crippen LogP contribution in [0.15, 0.2) is 30.3 Å². The Balaban J connectivity index is 1.61. The molecular weight excluding hydrogens is 455 g/mol. The Labute approximate surface area is 205 Å². The topological polar surface area (TPSA) is 152 Å². The van der Waals surface area contributed by atoms with Gasteiger partial charge in [-0.25, -0.2) is 4.79 Å². The van der Waals surface area contributed by atoms with Gasteiger partial charge in [0.05, 0.1) is 31.7 Å². The highest BCUT2D eigenvalue weighted by atomic mass is 16.5. The second-order valence-electron chi connectivity index (χ2n) is 8.99. The van der Waals surface area contributed by atoms with Crippen molar-refractivity contribution in [3.63, 3.8) is 0 Å². The number of carbonyl (C=O) groups excluding carboxylic acids is 3. The van der Waals surface area contributed by atoms with E-state index in [1.165, 1.54) is 4.90 Å². The Bertz CT molecular complexity index is 820. The molecule has 4 amide bonds. The molecular formula is C23H35BN4O7. The zero-order valence-corrected chi connectivity index (χ0v) is 19.8. The Kier molecular flexibility index (Phi) is 10.3. The number of morpholine rings is 1. The standard InChI is InChI=1S/C23H35BN4O7/c29-18-9-10-28(16-18)23(32)25-19(15-21(30)27-11-13-35-14-12-27)22(31)26-20(24(33)34)8-4-7-17-5-2-1-3-6-17/h1-3,5-6,18-20,29,33-34H,4,7-16H2,(H,25,32)(H,26,31)/t18-,19?,20?/m1/s1. The van der Waals surface area contributed by atoms with E-state index < -0.39 is 37.1 Å². The number of rotatable bonds is 10. The maximum atomic E-state index is 13.1. The number of ether oxygens (including phenoxy) is 1. The van der Waals surface area contributed by atoms with E-state index in [9.17, 15) is 29.5 Å².